The Balaban J connectivity index is 2.26. The van der Waals surface area contributed by atoms with Gasteiger partial charge < -0.3 is 9.47 Å². The minimum absolute atomic E-state index is 0.444. The van der Waals surface area contributed by atoms with Gasteiger partial charge in [0.2, 0.25) is 6.79 Å². The van der Waals surface area contributed by atoms with E-state index in [4.69, 9.17) is 9.47 Å². The van der Waals surface area contributed by atoms with Gasteiger partial charge in [-0.3, -0.25) is 0 Å². The predicted molar refractivity (Wildman–Crippen MR) is 32.4 cm³/mol. The Morgan fingerprint density at radius 3 is 2.00 bits per heavy atom. The lowest BCUT2D eigenvalue weighted by Crippen LogP contribution is -2.24. The second-order valence-corrected chi connectivity index (χ2v) is 2.71. The third-order valence-electron chi connectivity index (χ3n) is 2.25. The van der Waals surface area contributed by atoms with Crippen LogP contribution in [0.5, 0.6) is 0 Å². The number of allylic oxidation sites excluding steroid dienone is 2. The topological polar surface area (TPSA) is 18.5 Å². The van der Waals surface area contributed by atoms with Crippen LogP contribution in [-0.2, 0) is 9.47 Å². The molecule has 2 aliphatic rings. The Morgan fingerprint density at radius 1 is 1.11 bits per heavy atom. The van der Waals surface area contributed by atoms with Crippen molar-refractivity contribution in [1.29, 1.82) is 0 Å². The van der Waals surface area contributed by atoms with Gasteiger partial charge in [0.05, 0.1) is 0 Å². The summed E-state index contributed by atoms with van der Waals surface area (Å²) in [5, 5.41) is 0. The second-order valence-electron chi connectivity index (χ2n) is 2.71. The summed E-state index contributed by atoms with van der Waals surface area (Å²) in [6, 6.07) is 0. The van der Waals surface area contributed by atoms with Crippen molar-refractivity contribution in [1.82, 2.24) is 0 Å². The van der Waals surface area contributed by atoms with E-state index in [9.17, 15) is 0 Å². The highest BCUT2D eigenvalue weighted by molar-refractivity contribution is 5.23. The van der Waals surface area contributed by atoms with Crippen LogP contribution in [0, 0.1) is 11.8 Å². The van der Waals surface area contributed by atoms with Crippen molar-refractivity contribution in [2.75, 3.05) is 6.79 Å². The third kappa shape index (κ3) is 0.460. The Kier molecular flexibility index (Phi) is 0.821. The molecule has 2 heteroatoms. The highest BCUT2D eigenvalue weighted by Gasteiger charge is 2.40. The lowest BCUT2D eigenvalue weighted by molar-refractivity contribution is 0.0760. The van der Waals surface area contributed by atoms with Crippen LogP contribution in [-0.4, -0.2) is 6.79 Å². The van der Waals surface area contributed by atoms with Gasteiger partial charge in [0.1, 0.15) is 11.5 Å². The summed E-state index contributed by atoms with van der Waals surface area (Å²) < 4.78 is 10.4. The van der Waals surface area contributed by atoms with Gasteiger partial charge in [-0.2, -0.15) is 0 Å². The molecule has 0 N–H and O–H groups in total. The van der Waals surface area contributed by atoms with Crippen LogP contribution in [0.1, 0.15) is 13.8 Å². The van der Waals surface area contributed by atoms with E-state index in [1.807, 2.05) is 0 Å². The zero-order valence-electron chi connectivity index (χ0n) is 5.68. The average Bonchev–Trinajstić information content (AvgIpc) is 2.30. The fourth-order valence-electron chi connectivity index (χ4n) is 1.37. The maximum atomic E-state index is 5.19. The molecule has 0 aromatic carbocycles. The fourth-order valence-corrected chi connectivity index (χ4v) is 1.37. The summed E-state index contributed by atoms with van der Waals surface area (Å²) in [7, 11) is 0. The van der Waals surface area contributed by atoms with Crippen LogP contribution in [0.25, 0.3) is 0 Å². The van der Waals surface area contributed by atoms with Crippen molar-refractivity contribution in [3.63, 3.8) is 0 Å². The first-order valence-electron chi connectivity index (χ1n) is 3.30. The Morgan fingerprint density at radius 2 is 1.56 bits per heavy atom. The van der Waals surface area contributed by atoms with Crippen LogP contribution in [0.2, 0.25) is 0 Å². The van der Waals surface area contributed by atoms with Crippen LogP contribution < -0.4 is 0 Å². The molecule has 2 unspecified atom stereocenters. The molecule has 50 valence electrons. The van der Waals surface area contributed by atoms with Crippen LogP contribution >= 0.6 is 0 Å². The maximum absolute atomic E-state index is 5.19. The van der Waals surface area contributed by atoms with Gasteiger partial charge in [0, 0.05) is 11.8 Å². The van der Waals surface area contributed by atoms with Crippen molar-refractivity contribution in [3.05, 3.63) is 11.5 Å². The molecule has 1 aliphatic heterocycles. The Bertz CT molecular complexity index is 154. The van der Waals surface area contributed by atoms with Gasteiger partial charge in [-0.25, -0.2) is 0 Å². The minimum Gasteiger partial charge on any atom is -0.458 e. The minimum atomic E-state index is 0.444. The van der Waals surface area contributed by atoms with E-state index in [-0.39, 0.29) is 0 Å². The number of hydrogen-bond donors (Lipinski definition) is 0. The lowest BCUT2D eigenvalue weighted by Gasteiger charge is -2.28. The normalized spacial score (nSPS) is 38.9. The molecule has 9 heavy (non-hydrogen) atoms. The summed E-state index contributed by atoms with van der Waals surface area (Å²) in [6.07, 6.45) is 0. The van der Waals surface area contributed by atoms with E-state index in [0.717, 1.165) is 11.5 Å². The molecule has 0 saturated heterocycles. The molecule has 1 heterocycles. The van der Waals surface area contributed by atoms with Gasteiger partial charge in [0.25, 0.3) is 0 Å². The van der Waals surface area contributed by atoms with Crippen molar-refractivity contribution in [3.8, 4) is 0 Å². The van der Waals surface area contributed by atoms with Crippen molar-refractivity contribution in [2.45, 2.75) is 13.8 Å². The summed E-state index contributed by atoms with van der Waals surface area (Å²) in [6.45, 7) is 4.77. The Hall–Kier alpha value is -0.660. The average molecular weight is 126 g/mol. The molecule has 0 bridgehead atoms. The molecule has 2 rings (SSSR count). The molecule has 0 aromatic heterocycles. The largest absolute Gasteiger partial charge is 0.458 e. The zero-order chi connectivity index (χ0) is 6.43. The summed E-state index contributed by atoms with van der Waals surface area (Å²) in [5.74, 6) is 3.34. The second kappa shape index (κ2) is 1.43. The van der Waals surface area contributed by atoms with Gasteiger partial charge in [0.15, 0.2) is 0 Å². The molecular weight excluding hydrogens is 116 g/mol. The Labute approximate surface area is 54.5 Å². The van der Waals surface area contributed by atoms with E-state index in [0.29, 0.717) is 18.6 Å². The van der Waals surface area contributed by atoms with Crippen LogP contribution in [0.4, 0.5) is 0 Å². The monoisotopic (exact) mass is 126 g/mol. The third-order valence-corrected chi connectivity index (χ3v) is 2.25. The smallest absolute Gasteiger partial charge is 0.230 e. The van der Waals surface area contributed by atoms with Gasteiger partial charge in [-0.1, -0.05) is 13.8 Å². The highest BCUT2D eigenvalue weighted by atomic mass is 16.7. The quantitative estimate of drug-likeness (QED) is 0.489. The van der Waals surface area contributed by atoms with E-state index in [1.165, 1.54) is 0 Å². The van der Waals surface area contributed by atoms with E-state index in [1.54, 1.807) is 0 Å². The summed E-state index contributed by atoms with van der Waals surface area (Å²) in [4.78, 5) is 0. The zero-order valence-corrected chi connectivity index (χ0v) is 5.68. The lowest BCUT2D eigenvalue weighted by atomic mass is 9.81. The van der Waals surface area contributed by atoms with Crippen molar-refractivity contribution in [2.24, 2.45) is 11.8 Å². The molecule has 0 radical (unpaired) electrons. The van der Waals surface area contributed by atoms with Crippen molar-refractivity contribution < 1.29 is 9.47 Å². The number of rotatable bonds is 0. The molecule has 0 saturated carbocycles. The fraction of sp³-hybridized carbons (Fsp3) is 0.714. The van der Waals surface area contributed by atoms with Gasteiger partial charge >= 0.3 is 0 Å². The summed E-state index contributed by atoms with van der Waals surface area (Å²) in [5.41, 5.74) is 0. The highest BCUT2D eigenvalue weighted by Crippen LogP contribution is 2.44. The summed E-state index contributed by atoms with van der Waals surface area (Å²) >= 11 is 0. The molecule has 2 nitrogen and oxygen atoms in total. The van der Waals surface area contributed by atoms with Gasteiger partial charge in [-0.05, 0) is 0 Å². The standard InChI is InChI=1S/C7H10O2/c1-4-5(2)7-6(4)8-3-9-7/h4-5H,3H2,1-2H3. The van der Waals surface area contributed by atoms with E-state index >= 15 is 0 Å². The first kappa shape index (κ1) is 5.15. The number of hydrogen-bond acceptors (Lipinski definition) is 2. The van der Waals surface area contributed by atoms with Crippen molar-refractivity contribution >= 4 is 0 Å². The van der Waals surface area contributed by atoms with Gasteiger partial charge in [-0.15, -0.1) is 0 Å². The molecule has 0 aromatic rings. The molecule has 0 amide bonds. The molecule has 2 atom stereocenters. The van der Waals surface area contributed by atoms with Crippen LogP contribution in [0.3, 0.4) is 0 Å². The SMILES string of the molecule is CC1C2=C(OCO2)C1C. The maximum Gasteiger partial charge on any atom is 0.230 e. The molecular formula is C7H10O2. The van der Waals surface area contributed by atoms with Crippen LogP contribution in [0.15, 0.2) is 11.5 Å². The number of ether oxygens (including phenoxy) is 2. The van der Waals surface area contributed by atoms with E-state index < -0.39 is 0 Å². The van der Waals surface area contributed by atoms with E-state index in [2.05, 4.69) is 13.8 Å². The molecule has 0 fully saturated rings. The predicted octanol–water partition coefficient (Wildman–Crippen LogP) is 1.49. The first-order chi connectivity index (χ1) is 4.30. The molecule has 0 spiro atoms. The first-order valence-corrected chi connectivity index (χ1v) is 3.30. The molecule has 1 aliphatic carbocycles.